The topological polar surface area (TPSA) is 43.6 Å². The molecule has 0 atom stereocenters. The first-order chi connectivity index (χ1) is 9.84. The maximum Gasteiger partial charge on any atom is 0.115 e. The SMILES string of the molecule is Cn1cnc(-c2ccccc2)c1C=Cc1ccncn1. The summed E-state index contributed by atoms with van der Waals surface area (Å²) < 4.78 is 2.00. The summed E-state index contributed by atoms with van der Waals surface area (Å²) in [6, 6.07) is 12.0. The summed E-state index contributed by atoms with van der Waals surface area (Å²) in [6.45, 7) is 0. The zero-order chi connectivity index (χ0) is 13.8. The Kier molecular flexibility index (Phi) is 3.37. The first kappa shape index (κ1) is 12.3. The molecule has 0 amide bonds. The Balaban J connectivity index is 1.98. The Bertz CT molecular complexity index is 715. The minimum atomic E-state index is 0.875. The molecule has 0 saturated carbocycles. The van der Waals surface area contributed by atoms with Crippen LogP contribution >= 0.6 is 0 Å². The average Bonchev–Trinajstić information content (AvgIpc) is 2.88. The Morgan fingerprint density at radius 3 is 2.60 bits per heavy atom. The highest BCUT2D eigenvalue weighted by Crippen LogP contribution is 2.22. The summed E-state index contributed by atoms with van der Waals surface area (Å²) >= 11 is 0. The lowest BCUT2D eigenvalue weighted by Gasteiger charge is -2.01. The third kappa shape index (κ3) is 2.49. The second-order valence-corrected chi connectivity index (χ2v) is 4.42. The number of hydrogen-bond acceptors (Lipinski definition) is 3. The van der Waals surface area contributed by atoms with Crippen molar-refractivity contribution < 1.29 is 0 Å². The molecule has 98 valence electrons. The van der Waals surface area contributed by atoms with E-state index in [0.717, 1.165) is 22.6 Å². The van der Waals surface area contributed by atoms with Crippen LogP contribution in [0.5, 0.6) is 0 Å². The molecule has 0 aliphatic carbocycles. The Morgan fingerprint density at radius 2 is 1.85 bits per heavy atom. The lowest BCUT2D eigenvalue weighted by Crippen LogP contribution is -1.90. The summed E-state index contributed by atoms with van der Waals surface area (Å²) in [7, 11) is 1.99. The number of aromatic nitrogens is 4. The van der Waals surface area contributed by atoms with Crippen LogP contribution in [0.15, 0.2) is 55.2 Å². The van der Waals surface area contributed by atoms with Crippen LogP contribution in [-0.4, -0.2) is 19.5 Å². The van der Waals surface area contributed by atoms with Gasteiger partial charge in [0.15, 0.2) is 0 Å². The monoisotopic (exact) mass is 262 g/mol. The minimum absolute atomic E-state index is 0.875. The van der Waals surface area contributed by atoms with E-state index in [2.05, 4.69) is 27.1 Å². The van der Waals surface area contributed by atoms with Crippen molar-refractivity contribution in [2.24, 2.45) is 7.05 Å². The van der Waals surface area contributed by atoms with Crippen molar-refractivity contribution >= 4 is 12.2 Å². The first-order valence-corrected chi connectivity index (χ1v) is 6.35. The molecule has 3 aromatic rings. The fraction of sp³-hybridized carbons (Fsp3) is 0.0625. The van der Waals surface area contributed by atoms with Crippen molar-refractivity contribution in [3.63, 3.8) is 0 Å². The molecule has 20 heavy (non-hydrogen) atoms. The molecular weight excluding hydrogens is 248 g/mol. The number of benzene rings is 1. The Morgan fingerprint density at radius 1 is 1.00 bits per heavy atom. The van der Waals surface area contributed by atoms with Gasteiger partial charge in [-0.3, -0.25) is 0 Å². The smallest absolute Gasteiger partial charge is 0.115 e. The third-order valence-electron chi connectivity index (χ3n) is 3.05. The molecule has 4 heteroatoms. The van der Waals surface area contributed by atoms with E-state index in [0.29, 0.717) is 0 Å². The fourth-order valence-corrected chi connectivity index (χ4v) is 2.02. The van der Waals surface area contributed by atoms with E-state index in [1.807, 2.05) is 54.4 Å². The van der Waals surface area contributed by atoms with E-state index in [1.165, 1.54) is 0 Å². The highest BCUT2D eigenvalue weighted by Gasteiger charge is 2.07. The van der Waals surface area contributed by atoms with Gasteiger partial charge in [-0.2, -0.15) is 0 Å². The van der Waals surface area contributed by atoms with Crippen LogP contribution in [0.25, 0.3) is 23.4 Å². The third-order valence-corrected chi connectivity index (χ3v) is 3.05. The molecule has 0 aliphatic heterocycles. The number of aryl methyl sites for hydroxylation is 1. The van der Waals surface area contributed by atoms with E-state index >= 15 is 0 Å². The predicted octanol–water partition coefficient (Wildman–Crippen LogP) is 3.05. The maximum absolute atomic E-state index is 4.48. The van der Waals surface area contributed by atoms with E-state index in [9.17, 15) is 0 Å². The van der Waals surface area contributed by atoms with Gasteiger partial charge in [0, 0.05) is 18.8 Å². The van der Waals surface area contributed by atoms with Gasteiger partial charge in [0.1, 0.15) is 6.33 Å². The van der Waals surface area contributed by atoms with E-state index in [4.69, 9.17) is 0 Å². The molecular formula is C16H14N4. The first-order valence-electron chi connectivity index (χ1n) is 6.35. The fourth-order valence-electron chi connectivity index (χ4n) is 2.02. The van der Waals surface area contributed by atoms with E-state index in [-0.39, 0.29) is 0 Å². The molecule has 0 unspecified atom stereocenters. The van der Waals surface area contributed by atoms with Crippen LogP contribution in [-0.2, 0) is 7.05 Å². The molecule has 0 aliphatic rings. The lowest BCUT2D eigenvalue weighted by atomic mass is 10.1. The standard InChI is InChI=1S/C16H14N4/c1-20-12-19-16(13-5-3-2-4-6-13)15(20)8-7-14-9-10-17-11-18-14/h2-12H,1H3. The summed E-state index contributed by atoms with van der Waals surface area (Å²) in [6.07, 6.45) is 9.08. The number of imidazole rings is 1. The predicted molar refractivity (Wildman–Crippen MR) is 79.6 cm³/mol. The van der Waals surface area contributed by atoms with Gasteiger partial charge < -0.3 is 4.57 Å². The second-order valence-electron chi connectivity index (χ2n) is 4.42. The largest absolute Gasteiger partial charge is 0.334 e. The van der Waals surface area contributed by atoms with Gasteiger partial charge in [-0.1, -0.05) is 30.3 Å². The van der Waals surface area contributed by atoms with Crippen LogP contribution in [0.1, 0.15) is 11.4 Å². The molecule has 1 aromatic carbocycles. The quantitative estimate of drug-likeness (QED) is 0.728. The van der Waals surface area contributed by atoms with Crippen LogP contribution in [0, 0.1) is 0 Å². The van der Waals surface area contributed by atoms with Gasteiger partial charge in [0.25, 0.3) is 0 Å². The second kappa shape index (κ2) is 5.48. The van der Waals surface area contributed by atoms with Crippen LogP contribution in [0.4, 0.5) is 0 Å². The number of hydrogen-bond donors (Lipinski definition) is 0. The zero-order valence-corrected chi connectivity index (χ0v) is 11.1. The normalized spacial score (nSPS) is 11.1. The molecule has 2 heterocycles. The molecule has 0 saturated heterocycles. The van der Waals surface area contributed by atoms with Gasteiger partial charge in [-0.05, 0) is 18.2 Å². The number of nitrogens with zero attached hydrogens (tertiary/aromatic N) is 4. The lowest BCUT2D eigenvalue weighted by molar-refractivity contribution is 0.903. The van der Waals surface area contributed by atoms with Gasteiger partial charge in [-0.15, -0.1) is 0 Å². The molecule has 0 N–H and O–H groups in total. The summed E-state index contributed by atoms with van der Waals surface area (Å²) in [4.78, 5) is 12.6. The van der Waals surface area contributed by atoms with E-state index in [1.54, 1.807) is 12.5 Å². The average molecular weight is 262 g/mol. The zero-order valence-electron chi connectivity index (χ0n) is 11.1. The minimum Gasteiger partial charge on any atom is -0.334 e. The molecule has 0 spiro atoms. The highest BCUT2D eigenvalue weighted by atomic mass is 15.0. The highest BCUT2D eigenvalue weighted by molar-refractivity contribution is 5.76. The van der Waals surface area contributed by atoms with E-state index < -0.39 is 0 Å². The molecule has 0 radical (unpaired) electrons. The Hall–Kier alpha value is -2.75. The van der Waals surface area contributed by atoms with Crippen LogP contribution in [0.3, 0.4) is 0 Å². The molecule has 3 rings (SSSR count). The van der Waals surface area contributed by atoms with Crippen molar-refractivity contribution in [2.75, 3.05) is 0 Å². The molecule has 4 nitrogen and oxygen atoms in total. The van der Waals surface area contributed by atoms with Crippen molar-refractivity contribution in [3.05, 3.63) is 66.6 Å². The summed E-state index contributed by atoms with van der Waals surface area (Å²) in [5.41, 5.74) is 4.00. The molecule has 2 aromatic heterocycles. The maximum atomic E-state index is 4.48. The number of rotatable bonds is 3. The van der Waals surface area contributed by atoms with Gasteiger partial charge in [-0.25, -0.2) is 15.0 Å². The van der Waals surface area contributed by atoms with Crippen molar-refractivity contribution in [2.45, 2.75) is 0 Å². The van der Waals surface area contributed by atoms with Crippen molar-refractivity contribution in [1.82, 2.24) is 19.5 Å². The van der Waals surface area contributed by atoms with Crippen LogP contribution < -0.4 is 0 Å². The molecule has 0 bridgehead atoms. The van der Waals surface area contributed by atoms with Gasteiger partial charge >= 0.3 is 0 Å². The Labute approximate surface area is 117 Å². The van der Waals surface area contributed by atoms with Crippen molar-refractivity contribution in [1.29, 1.82) is 0 Å². The molecule has 0 fully saturated rings. The van der Waals surface area contributed by atoms with Gasteiger partial charge in [0.2, 0.25) is 0 Å². The van der Waals surface area contributed by atoms with Gasteiger partial charge in [0.05, 0.1) is 23.4 Å². The summed E-state index contributed by atoms with van der Waals surface area (Å²) in [5, 5.41) is 0. The van der Waals surface area contributed by atoms with Crippen molar-refractivity contribution in [3.8, 4) is 11.3 Å². The van der Waals surface area contributed by atoms with Crippen LogP contribution in [0.2, 0.25) is 0 Å². The summed E-state index contributed by atoms with van der Waals surface area (Å²) in [5.74, 6) is 0.